The van der Waals surface area contributed by atoms with Gasteiger partial charge in [-0.2, -0.15) is 0 Å². The highest BCUT2D eigenvalue weighted by molar-refractivity contribution is 14.0. The molecule has 1 unspecified atom stereocenters. The minimum atomic E-state index is -1.06. The molecule has 1 aliphatic rings. The van der Waals surface area contributed by atoms with Crippen molar-refractivity contribution < 1.29 is 9.90 Å². The van der Waals surface area contributed by atoms with Crippen molar-refractivity contribution in [3.05, 3.63) is 60.3 Å². The molecular weight excluding hydrogens is 531 g/mol. The third-order valence-electron chi connectivity index (χ3n) is 5.52. The molecule has 8 nitrogen and oxygen atoms in total. The van der Waals surface area contributed by atoms with Crippen molar-refractivity contribution >= 4 is 41.7 Å². The van der Waals surface area contributed by atoms with Gasteiger partial charge in [-0.15, -0.1) is 24.0 Å². The molecule has 3 rings (SSSR count). The van der Waals surface area contributed by atoms with Crippen molar-refractivity contribution in [2.45, 2.75) is 25.9 Å². The number of pyridine rings is 1. The molecule has 0 aliphatic carbocycles. The first kappa shape index (κ1) is 26.8. The van der Waals surface area contributed by atoms with Crippen LogP contribution in [0.4, 0.5) is 5.82 Å². The predicted octanol–water partition coefficient (Wildman–Crippen LogP) is 2.20. The number of amides is 1. The summed E-state index contributed by atoms with van der Waals surface area (Å²) in [5.41, 5.74) is -0.244. The Bertz CT molecular complexity index is 871. The van der Waals surface area contributed by atoms with Gasteiger partial charge in [0.2, 0.25) is 5.91 Å². The zero-order valence-corrected chi connectivity index (χ0v) is 21.7. The van der Waals surface area contributed by atoms with Crippen LogP contribution in [-0.2, 0) is 10.4 Å². The molecule has 9 heteroatoms. The number of carbonyl (C=O) groups is 1. The average Bonchev–Trinajstić information content (AvgIpc) is 2.83. The van der Waals surface area contributed by atoms with Crippen molar-refractivity contribution in [1.29, 1.82) is 0 Å². The van der Waals surface area contributed by atoms with E-state index in [0.717, 1.165) is 24.5 Å². The standard InChI is InChI=1S/C24H34N6O2.HI/c1-3-25-23(28-19-24(2,32)20-9-5-4-6-10-20)27-14-12-22(31)30-17-15-29(16-18-30)21-11-7-8-13-26-21;/h4-11,13,32H,3,12,14-19H2,1-2H3,(H2,25,27,28);1H. The topological polar surface area (TPSA) is 93.1 Å². The molecule has 1 fully saturated rings. The third-order valence-corrected chi connectivity index (χ3v) is 5.52. The maximum Gasteiger partial charge on any atom is 0.224 e. The monoisotopic (exact) mass is 566 g/mol. The van der Waals surface area contributed by atoms with Gasteiger partial charge in [-0.05, 0) is 31.5 Å². The zero-order valence-electron chi connectivity index (χ0n) is 19.4. The van der Waals surface area contributed by atoms with Crippen LogP contribution in [0.1, 0.15) is 25.8 Å². The number of piperazine rings is 1. The number of nitrogens with one attached hydrogen (secondary N) is 2. The summed E-state index contributed by atoms with van der Waals surface area (Å²) < 4.78 is 0. The molecule has 1 aromatic heterocycles. The van der Waals surface area contributed by atoms with Crippen molar-refractivity contribution in [3.8, 4) is 0 Å². The summed E-state index contributed by atoms with van der Waals surface area (Å²) in [5, 5.41) is 17.1. The fourth-order valence-electron chi connectivity index (χ4n) is 3.63. The van der Waals surface area contributed by atoms with Gasteiger partial charge >= 0.3 is 0 Å². The van der Waals surface area contributed by atoms with Crippen LogP contribution in [0.2, 0.25) is 0 Å². The molecular formula is C24H35IN6O2. The number of guanidine groups is 1. The maximum atomic E-state index is 12.6. The Balaban J connectivity index is 0.00000385. The highest BCUT2D eigenvalue weighted by atomic mass is 127. The molecule has 1 atom stereocenters. The lowest BCUT2D eigenvalue weighted by atomic mass is 9.96. The Morgan fingerprint density at radius 3 is 2.42 bits per heavy atom. The highest BCUT2D eigenvalue weighted by Gasteiger charge is 2.23. The van der Waals surface area contributed by atoms with Gasteiger partial charge < -0.3 is 25.5 Å². The van der Waals surface area contributed by atoms with E-state index in [1.165, 1.54) is 0 Å². The van der Waals surface area contributed by atoms with Gasteiger partial charge in [-0.1, -0.05) is 36.4 Å². The smallest absolute Gasteiger partial charge is 0.224 e. The second kappa shape index (κ2) is 13.3. The summed E-state index contributed by atoms with van der Waals surface area (Å²) in [7, 11) is 0. The number of nitrogens with zero attached hydrogens (tertiary/aromatic N) is 4. The van der Waals surface area contributed by atoms with Crippen molar-refractivity contribution in [2.75, 3.05) is 50.7 Å². The number of anilines is 1. The van der Waals surface area contributed by atoms with E-state index in [4.69, 9.17) is 0 Å². The molecule has 3 N–H and O–H groups in total. The largest absolute Gasteiger partial charge is 0.384 e. The van der Waals surface area contributed by atoms with Crippen LogP contribution in [0, 0.1) is 0 Å². The summed E-state index contributed by atoms with van der Waals surface area (Å²) in [4.78, 5) is 25.7. The summed E-state index contributed by atoms with van der Waals surface area (Å²) in [6.07, 6.45) is 2.18. The van der Waals surface area contributed by atoms with Gasteiger partial charge in [-0.25, -0.2) is 9.98 Å². The normalized spacial score (nSPS) is 15.9. The number of hydrogen-bond donors (Lipinski definition) is 3. The van der Waals surface area contributed by atoms with Gasteiger partial charge in [0.05, 0.1) is 6.54 Å². The zero-order chi connectivity index (χ0) is 22.8. The Hall–Kier alpha value is -2.40. The van der Waals surface area contributed by atoms with Gasteiger partial charge in [0, 0.05) is 51.9 Å². The van der Waals surface area contributed by atoms with Crippen LogP contribution in [0.15, 0.2) is 59.7 Å². The van der Waals surface area contributed by atoms with E-state index in [9.17, 15) is 9.90 Å². The summed E-state index contributed by atoms with van der Waals surface area (Å²) in [5.74, 6) is 1.68. The minimum Gasteiger partial charge on any atom is -0.384 e. The second-order valence-corrected chi connectivity index (χ2v) is 8.07. The number of aliphatic imine (C=N–C) groups is 1. The molecule has 0 bridgehead atoms. The Kier molecular flexibility index (Phi) is 10.9. The van der Waals surface area contributed by atoms with Crippen LogP contribution in [0.3, 0.4) is 0 Å². The second-order valence-electron chi connectivity index (χ2n) is 8.07. The van der Waals surface area contributed by atoms with Crippen molar-refractivity contribution in [1.82, 2.24) is 20.5 Å². The summed E-state index contributed by atoms with van der Waals surface area (Å²) in [6.45, 7) is 8.11. The number of benzene rings is 1. The Morgan fingerprint density at radius 2 is 1.79 bits per heavy atom. The molecule has 2 heterocycles. The van der Waals surface area contributed by atoms with Gasteiger partial charge in [0.15, 0.2) is 5.96 Å². The molecule has 0 spiro atoms. The van der Waals surface area contributed by atoms with E-state index in [0.29, 0.717) is 38.6 Å². The number of halogens is 1. The first-order valence-corrected chi connectivity index (χ1v) is 11.2. The van der Waals surface area contributed by atoms with Crippen LogP contribution in [0.5, 0.6) is 0 Å². The molecule has 1 aliphatic heterocycles. The third kappa shape index (κ3) is 8.15. The quantitative estimate of drug-likeness (QED) is 0.258. The number of aliphatic hydroxyl groups is 1. The van der Waals surface area contributed by atoms with Crippen LogP contribution < -0.4 is 15.5 Å². The fraction of sp³-hybridized carbons (Fsp3) is 0.458. The lowest BCUT2D eigenvalue weighted by Crippen LogP contribution is -2.49. The fourth-order valence-corrected chi connectivity index (χ4v) is 3.63. The maximum absolute atomic E-state index is 12.6. The predicted molar refractivity (Wildman–Crippen MR) is 143 cm³/mol. The average molecular weight is 566 g/mol. The van der Waals surface area contributed by atoms with Crippen molar-refractivity contribution in [3.63, 3.8) is 0 Å². The summed E-state index contributed by atoms with van der Waals surface area (Å²) >= 11 is 0. The van der Waals surface area contributed by atoms with Gasteiger partial charge in [-0.3, -0.25) is 4.79 Å². The molecule has 0 radical (unpaired) electrons. The number of aromatic nitrogens is 1. The van der Waals surface area contributed by atoms with Crippen LogP contribution >= 0.6 is 24.0 Å². The van der Waals surface area contributed by atoms with E-state index in [-0.39, 0.29) is 36.4 Å². The minimum absolute atomic E-state index is 0. The number of carbonyl (C=O) groups excluding carboxylic acids is 1. The molecule has 0 saturated carbocycles. The molecule has 2 aromatic rings. The van der Waals surface area contributed by atoms with Crippen molar-refractivity contribution in [2.24, 2.45) is 4.99 Å². The first-order valence-electron chi connectivity index (χ1n) is 11.2. The molecule has 1 aromatic carbocycles. The van der Waals surface area contributed by atoms with Gasteiger partial charge in [0.25, 0.3) is 0 Å². The SMILES string of the molecule is CCNC(=NCC(C)(O)c1ccccc1)NCCC(=O)N1CCN(c2ccccn2)CC1.I. The highest BCUT2D eigenvalue weighted by Crippen LogP contribution is 2.20. The molecule has 33 heavy (non-hydrogen) atoms. The van der Waals surface area contributed by atoms with Crippen LogP contribution in [0.25, 0.3) is 0 Å². The lowest BCUT2D eigenvalue weighted by molar-refractivity contribution is -0.131. The number of hydrogen-bond acceptors (Lipinski definition) is 5. The van der Waals surface area contributed by atoms with Crippen LogP contribution in [-0.4, -0.2) is 72.7 Å². The lowest BCUT2D eigenvalue weighted by Gasteiger charge is -2.35. The molecule has 1 amide bonds. The molecule has 1 saturated heterocycles. The van der Waals surface area contributed by atoms with E-state index >= 15 is 0 Å². The van der Waals surface area contributed by atoms with E-state index < -0.39 is 5.60 Å². The van der Waals surface area contributed by atoms with E-state index in [1.54, 1.807) is 13.1 Å². The summed E-state index contributed by atoms with van der Waals surface area (Å²) in [6, 6.07) is 15.4. The van der Waals surface area contributed by atoms with E-state index in [1.807, 2.05) is 60.4 Å². The van der Waals surface area contributed by atoms with Gasteiger partial charge in [0.1, 0.15) is 11.4 Å². The number of rotatable bonds is 8. The molecule has 180 valence electrons. The Labute approximate surface area is 213 Å². The Morgan fingerprint density at radius 1 is 1.09 bits per heavy atom. The van der Waals surface area contributed by atoms with E-state index in [2.05, 4.69) is 25.5 Å². The first-order chi connectivity index (χ1) is 15.5.